The Balaban J connectivity index is 2.05. The van der Waals surface area contributed by atoms with Crippen molar-refractivity contribution in [3.8, 4) is 5.75 Å². The lowest BCUT2D eigenvalue weighted by Gasteiger charge is -2.33. The molecule has 1 aliphatic heterocycles. The lowest BCUT2D eigenvalue weighted by molar-refractivity contribution is 0.0672. The van der Waals surface area contributed by atoms with Crippen LogP contribution in [0, 0.1) is 5.92 Å². The molecule has 1 N–H and O–H groups in total. The highest BCUT2D eigenvalue weighted by Crippen LogP contribution is 2.23. The van der Waals surface area contributed by atoms with Crippen LogP contribution in [0.2, 0.25) is 0 Å². The molecule has 0 radical (unpaired) electrons. The lowest BCUT2D eigenvalue weighted by Crippen LogP contribution is -2.43. The van der Waals surface area contributed by atoms with E-state index in [0.717, 1.165) is 19.1 Å². The Morgan fingerprint density at radius 1 is 1.39 bits per heavy atom. The van der Waals surface area contributed by atoms with E-state index in [-0.39, 0.29) is 11.8 Å². The van der Waals surface area contributed by atoms with Crippen molar-refractivity contribution in [3.05, 3.63) is 29.8 Å². The molecule has 0 bridgehead atoms. The molecule has 0 unspecified atom stereocenters. The van der Waals surface area contributed by atoms with E-state index in [0.29, 0.717) is 37.6 Å². The molecule has 2 rings (SSSR count). The van der Waals surface area contributed by atoms with Gasteiger partial charge in [-0.1, -0.05) is 12.1 Å². The maximum atomic E-state index is 12.7. The molecule has 1 aromatic rings. The third-order valence-corrected chi connectivity index (χ3v) is 4.55. The fourth-order valence-corrected chi connectivity index (χ4v) is 3.32. The minimum absolute atomic E-state index is 0.0573. The summed E-state index contributed by atoms with van der Waals surface area (Å²) in [6.07, 6.45) is 2.94. The highest BCUT2D eigenvalue weighted by Gasteiger charge is 2.26. The fourth-order valence-electron chi connectivity index (χ4n) is 2.78. The molecule has 1 heterocycles. The number of rotatable bonds is 6. The van der Waals surface area contributed by atoms with E-state index in [4.69, 9.17) is 4.74 Å². The molecule has 0 saturated carbocycles. The van der Waals surface area contributed by atoms with Crippen molar-refractivity contribution >= 4 is 15.9 Å². The fraction of sp³-hybridized carbons (Fsp3) is 0.562. The van der Waals surface area contributed by atoms with Gasteiger partial charge in [-0.3, -0.25) is 4.79 Å². The zero-order valence-corrected chi connectivity index (χ0v) is 14.4. The smallest absolute Gasteiger partial charge is 0.257 e. The van der Waals surface area contributed by atoms with Crippen LogP contribution in [0.4, 0.5) is 0 Å². The molecule has 0 spiro atoms. The largest absolute Gasteiger partial charge is 0.493 e. The summed E-state index contributed by atoms with van der Waals surface area (Å²) in [7, 11) is -3.20. The predicted molar refractivity (Wildman–Crippen MR) is 89.1 cm³/mol. The predicted octanol–water partition coefficient (Wildman–Crippen LogP) is 1.49. The monoisotopic (exact) mass is 340 g/mol. The number of carbonyl (C=O) groups excluding carboxylic acids is 1. The van der Waals surface area contributed by atoms with Crippen molar-refractivity contribution in [2.45, 2.75) is 19.8 Å². The molecule has 1 saturated heterocycles. The second-order valence-electron chi connectivity index (χ2n) is 5.81. The maximum absolute atomic E-state index is 12.7. The zero-order chi connectivity index (χ0) is 16.9. The second kappa shape index (κ2) is 7.79. The highest BCUT2D eigenvalue weighted by molar-refractivity contribution is 7.88. The van der Waals surface area contributed by atoms with Gasteiger partial charge >= 0.3 is 0 Å². The Bertz CT molecular complexity index is 645. The third-order valence-electron chi connectivity index (χ3n) is 3.86. The summed E-state index contributed by atoms with van der Waals surface area (Å²) in [5, 5.41) is 0. The number of amides is 1. The van der Waals surface area contributed by atoms with Crippen molar-refractivity contribution in [2.24, 2.45) is 5.92 Å². The van der Waals surface area contributed by atoms with E-state index in [9.17, 15) is 13.2 Å². The van der Waals surface area contributed by atoms with Gasteiger partial charge < -0.3 is 9.64 Å². The Morgan fingerprint density at radius 3 is 2.83 bits per heavy atom. The van der Waals surface area contributed by atoms with E-state index in [1.807, 2.05) is 19.1 Å². The second-order valence-corrected chi connectivity index (χ2v) is 7.64. The van der Waals surface area contributed by atoms with Gasteiger partial charge in [-0.05, 0) is 37.8 Å². The van der Waals surface area contributed by atoms with Gasteiger partial charge in [-0.25, -0.2) is 13.1 Å². The van der Waals surface area contributed by atoms with E-state index in [1.54, 1.807) is 17.0 Å². The number of sulfonamides is 1. The first-order chi connectivity index (χ1) is 10.9. The molecular weight excluding hydrogens is 316 g/mol. The van der Waals surface area contributed by atoms with Crippen LogP contribution < -0.4 is 9.46 Å². The molecule has 1 aromatic carbocycles. The summed E-state index contributed by atoms with van der Waals surface area (Å²) >= 11 is 0. The minimum atomic E-state index is -3.20. The molecule has 1 fully saturated rings. The molecule has 1 atom stereocenters. The van der Waals surface area contributed by atoms with Crippen LogP contribution in [0.25, 0.3) is 0 Å². The number of nitrogens with one attached hydrogen (secondary N) is 1. The first-order valence-electron chi connectivity index (χ1n) is 7.86. The number of hydrogen-bond acceptors (Lipinski definition) is 4. The van der Waals surface area contributed by atoms with Gasteiger partial charge in [0.15, 0.2) is 0 Å². The van der Waals surface area contributed by atoms with Crippen molar-refractivity contribution in [2.75, 3.05) is 32.5 Å². The number of benzene rings is 1. The van der Waals surface area contributed by atoms with Crippen LogP contribution in [0.15, 0.2) is 24.3 Å². The molecule has 0 aromatic heterocycles. The van der Waals surface area contributed by atoms with Crippen LogP contribution >= 0.6 is 0 Å². The van der Waals surface area contributed by atoms with E-state index in [2.05, 4.69) is 4.72 Å². The number of hydrogen-bond donors (Lipinski definition) is 1. The Morgan fingerprint density at radius 2 is 2.13 bits per heavy atom. The van der Waals surface area contributed by atoms with Crippen molar-refractivity contribution in [1.82, 2.24) is 9.62 Å². The van der Waals surface area contributed by atoms with Crippen LogP contribution in [0.5, 0.6) is 5.75 Å². The SMILES string of the molecule is CCOc1ccccc1C(=O)N1CCC[C@H](CNS(C)(=O)=O)C1. The summed E-state index contributed by atoms with van der Waals surface area (Å²) in [5.74, 6) is 0.677. The molecular formula is C16H24N2O4S. The average molecular weight is 340 g/mol. The first-order valence-corrected chi connectivity index (χ1v) is 9.75. The number of ether oxygens (including phenoxy) is 1. The standard InChI is InChI=1S/C16H24N2O4S/c1-3-22-15-9-5-4-8-14(15)16(19)18-10-6-7-13(12-18)11-17-23(2,20)21/h4-5,8-9,13,17H,3,6-7,10-12H2,1-2H3/t13-/m1/s1. The third kappa shape index (κ3) is 5.21. The van der Waals surface area contributed by atoms with Gasteiger partial charge in [0.25, 0.3) is 5.91 Å². The van der Waals surface area contributed by atoms with Crippen molar-refractivity contribution in [3.63, 3.8) is 0 Å². The van der Waals surface area contributed by atoms with Crippen LogP contribution in [0.1, 0.15) is 30.1 Å². The van der Waals surface area contributed by atoms with Gasteiger partial charge in [0.1, 0.15) is 5.75 Å². The Hall–Kier alpha value is -1.60. The average Bonchev–Trinajstić information content (AvgIpc) is 2.53. The summed E-state index contributed by atoms with van der Waals surface area (Å²) in [6.45, 7) is 4.01. The van der Waals surface area contributed by atoms with E-state index >= 15 is 0 Å². The minimum Gasteiger partial charge on any atom is -0.493 e. The van der Waals surface area contributed by atoms with Crippen molar-refractivity contribution in [1.29, 1.82) is 0 Å². The van der Waals surface area contributed by atoms with Gasteiger partial charge in [0.2, 0.25) is 10.0 Å². The zero-order valence-electron chi connectivity index (χ0n) is 13.6. The van der Waals surface area contributed by atoms with Gasteiger partial charge in [0.05, 0.1) is 18.4 Å². The quantitative estimate of drug-likeness (QED) is 0.851. The number of nitrogens with zero attached hydrogens (tertiary/aromatic N) is 1. The summed E-state index contributed by atoms with van der Waals surface area (Å²) in [5.41, 5.74) is 0.561. The molecule has 7 heteroatoms. The van der Waals surface area contributed by atoms with Crippen molar-refractivity contribution < 1.29 is 17.9 Å². The normalized spacial score (nSPS) is 18.7. The van der Waals surface area contributed by atoms with Crippen LogP contribution in [-0.2, 0) is 10.0 Å². The number of para-hydroxylation sites is 1. The molecule has 1 amide bonds. The van der Waals surface area contributed by atoms with E-state index < -0.39 is 10.0 Å². The molecule has 0 aliphatic carbocycles. The molecule has 1 aliphatic rings. The Kier molecular flexibility index (Phi) is 6.01. The van der Waals surface area contributed by atoms with Gasteiger partial charge in [0, 0.05) is 19.6 Å². The van der Waals surface area contributed by atoms with Gasteiger partial charge in [-0.2, -0.15) is 0 Å². The summed E-state index contributed by atoms with van der Waals surface area (Å²) in [4.78, 5) is 14.5. The summed E-state index contributed by atoms with van der Waals surface area (Å²) in [6, 6.07) is 7.23. The highest BCUT2D eigenvalue weighted by atomic mass is 32.2. The van der Waals surface area contributed by atoms with Gasteiger partial charge in [-0.15, -0.1) is 0 Å². The van der Waals surface area contributed by atoms with Crippen LogP contribution in [-0.4, -0.2) is 51.7 Å². The molecule has 23 heavy (non-hydrogen) atoms. The lowest BCUT2D eigenvalue weighted by atomic mass is 9.97. The first kappa shape index (κ1) is 17.7. The molecule has 128 valence electrons. The molecule has 6 nitrogen and oxygen atoms in total. The number of likely N-dealkylation sites (tertiary alicyclic amines) is 1. The van der Waals surface area contributed by atoms with Crippen LogP contribution in [0.3, 0.4) is 0 Å². The topological polar surface area (TPSA) is 75.7 Å². The number of carbonyl (C=O) groups is 1. The maximum Gasteiger partial charge on any atom is 0.257 e. The summed E-state index contributed by atoms with van der Waals surface area (Å²) < 4.78 is 30.5. The van der Waals surface area contributed by atoms with E-state index in [1.165, 1.54) is 0 Å². The Labute approximate surface area is 137 Å². The number of piperidine rings is 1.